The Bertz CT molecular complexity index is 523. The van der Waals surface area contributed by atoms with Crippen LogP contribution in [0.15, 0.2) is 42.7 Å². The zero-order valence-electron chi connectivity index (χ0n) is 10.1. The number of benzene rings is 1. The first-order valence-electron chi connectivity index (χ1n) is 5.71. The van der Waals surface area contributed by atoms with Crippen molar-refractivity contribution in [2.75, 3.05) is 5.32 Å². The molecule has 1 atom stereocenters. The Kier molecular flexibility index (Phi) is 3.74. The van der Waals surface area contributed by atoms with Gasteiger partial charge in [-0.3, -0.25) is 9.48 Å². The van der Waals surface area contributed by atoms with Crippen LogP contribution in [0.25, 0.3) is 0 Å². The Morgan fingerprint density at radius 2 is 2.22 bits per heavy atom. The normalized spacial score (nSPS) is 12.1. The van der Waals surface area contributed by atoms with Gasteiger partial charge in [-0.25, -0.2) is 0 Å². The van der Waals surface area contributed by atoms with E-state index in [4.69, 9.17) is 0 Å². The van der Waals surface area contributed by atoms with Crippen molar-refractivity contribution >= 4 is 11.6 Å². The van der Waals surface area contributed by atoms with E-state index < -0.39 is 6.04 Å². The van der Waals surface area contributed by atoms with E-state index in [2.05, 4.69) is 10.4 Å². The number of para-hydroxylation sites is 1. The molecule has 5 heteroatoms. The molecule has 5 nitrogen and oxygen atoms in total. The van der Waals surface area contributed by atoms with Gasteiger partial charge in [0, 0.05) is 23.6 Å². The van der Waals surface area contributed by atoms with Gasteiger partial charge in [-0.1, -0.05) is 18.2 Å². The molecule has 0 fully saturated rings. The van der Waals surface area contributed by atoms with Gasteiger partial charge in [0.25, 0.3) is 0 Å². The van der Waals surface area contributed by atoms with E-state index >= 15 is 0 Å². The summed E-state index contributed by atoms with van der Waals surface area (Å²) in [7, 11) is 0. The molecule has 2 aromatic rings. The number of aromatic nitrogens is 2. The van der Waals surface area contributed by atoms with Crippen LogP contribution in [0.4, 0.5) is 5.69 Å². The molecule has 0 bridgehead atoms. The molecule has 94 valence electrons. The zero-order chi connectivity index (χ0) is 13.0. The molecule has 18 heavy (non-hydrogen) atoms. The van der Waals surface area contributed by atoms with Gasteiger partial charge < -0.3 is 10.4 Å². The summed E-state index contributed by atoms with van der Waals surface area (Å²) in [5.74, 6) is -0.167. The van der Waals surface area contributed by atoms with E-state index in [1.807, 2.05) is 12.1 Å². The molecule has 0 saturated carbocycles. The maximum Gasteiger partial charge on any atom is 0.248 e. The summed E-state index contributed by atoms with van der Waals surface area (Å²) in [6.45, 7) is 1.66. The number of aliphatic hydroxyl groups is 1. The Balaban J connectivity index is 2.12. The largest absolute Gasteiger partial charge is 0.392 e. The Morgan fingerprint density at radius 1 is 1.44 bits per heavy atom. The summed E-state index contributed by atoms with van der Waals surface area (Å²) in [6.07, 6.45) is 3.37. The third kappa shape index (κ3) is 2.57. The number of carbonyl (C=O) groups is 1. The van der Waals surface area contributed by atoms with E-state index in [9.17, 15) is 9.90 Å². The summed E-state index contributed by atoms with van der Waals surface area (Å²) in [5, 5.41) is 16.0. The topological polar surface area (TPSA) is 67.2 Å². The summed E-state index contributed by atoms with van der Waals surface area (Å²) in [5.41, 5.74) is 1.32. The average Bonchev–Trinajstić information content (AvgIpc) is 2.92. The molecule has 0 spiro atoms. The van der Waals surface area contributed by atoms with E-state index in [0.29, 0.717) is 11.3 Å². The Hall–Kier alpha value is -2.14. The van der Waals surface area contributed by atoms with Gasteiger partial charge in [0.1, 0.15) is 6.04 Å². The minimum atomic E-state index is -0.397. The molecule has 1 amide bonds. The quantitative estimate of drug-likeness (QED) is 0.859. The summed E-state index contributed by atoms with van der Waals surface area (Å²) in [4.78, 5) is 12.0. The number of amides is 1. The second-order valence-electron chi connectivity index (χ2n) is 3.97. The van der Waals surface area contributed by atoms with Crippen LogP contribution in [-0.2, 0) is 11.4 Å². The SMILES string of the molecule is CC(C(=O)Nc1ccccc1CO)n1cccn1. The lowest BCUT2D eigenvalue weighted by Crippen LogP contribution is -2.24. The van der Waals surface area contributed by atoms with Gasteiger partial charge in [0.15, 0.2) is 0 Å². The second kappa shape index (κ2) is 5.46. The van der Waals surface area contributed by atoms with Crippen molar-refractivity contribution in [3.8, 4) is 0 Å². The highest BCUT2D eigenvalue weighted by molar-refractivity contribution is 5.94. The summed E-state index contributed by atoms with van der Waals surface area (Å²) >= 11 is 0. The van der Waals surface area contributed by atoms with Crippen LogP contribution in [0.5, 0.6) is 0 Å². The van der Waals surface area contributed by atoms with E-state index in [1.54, 1.807) is 42.2 Å². The highest BCUT2D eigenvalue weighted by Crippen LogP contribution is 2.16. The molecule has 0 radical (unpaired) electrons. The van der Waals surface area contributed by atoms with Crippen molar-refractivity contribution in [1.82, 2.24) is 9.78 Å². The number of aliphatic hydroxyl groups excluding tert-OH is 1. The predicted octanol–water partition coefficient (Wildman–Crippen LogP) is 1.58. The van der Waals surface area contributed by atoms with Gasteiger partial charge in [0.2, 0.25) is 5.91 Å². The highest BCUT2D eigenvalue weighted by Gasteiger charge is 2.15. The van der Waals surface area contributed by atoms with Crippen LogP contribution in [-0.4, -0.2) is 20.8 Å². The first-order valence-corrected chi connectivity index (χ1v) is 5.71. The second-order valence-corrected chi connectivity index (χ2v) is 3.97. The molecule has 0 aliphatic carbocycles. The molecule has 1 aromatic heterocycles. The number of anilines is 1. The Labute approximate surface area is 105 Å². The van der Waals surface area contributed by atoms with Crippen molar-refractivity contribution in [1.29, 1.82) is 0 Å². The lowest BCUT2D eigenvalue weighted by molar-refractivity contribution is -0.119. The van der Waals surface area contributed by atoms with Crippen molar-refractivity contribution in [2.45, 2.75) is 19.6 Å². The minimum absolute atomic E-state index is 0.105. The first kappa shape index (κ1) is 12.3. The zero-order valence-corrected chi connectivity index (χ0v) is 10.1. The number of nitrogens with one attached hydrogen (secondary N) is 1. The molecule has 1 unspecified atom stereocenters. The molecule has 2 rings (SSSR count). The molecule has 0 aliphatic heterocycles. The monoisotopic (exact) mass is 245 g/mol. The fourth-order valence-electron chi connectivity index (χ4n) is 1.65. The fraction of sp³-hybridized carbons (Fsp3) is 0.231. The molecule has 1 aromatic carbocycles. The third-order valence-electron chi connectivity index (χ3n) is 2.75. The van der Waals surface area contributed by atoms with Gasteiger partial charge in [-0.15, -0.1) is 0 Å². The first-order chi connectivity index (χ1) is 8.72. The number of nitrogens with zero attached hydrogens (tertiary/aromatic N) is 2. The van der Waals surface area contributed by atoms with Crippen LogP contribution in [0.3, 0.4) is 0 Å². The highest BCUT2D eigenvalue weighted by atomic mass is 16.3. The summed E-state index contributed by atoms with van der Waals surface area (Å²) < 4.78 is 1.58. The van der Waals surface area contributed by atoms with Gasteiger partial charge in [-0.2, -0.15) is 5.10 Å². The minimum Gasteiger partial charge on any atom is -0.392 e. The van der Waals surface area contributed by atoms with Gasteiger partial charge in [-0.05, 0) is 19.1 Å². The van der Waals surface area contributed by atoms with Gasteiger partial charge in [0.05, 0.1) is 6.61 Å². The lowest BCUT2D eigenvalue weighted by Gasteiger charge is -2.14. The number of hydrogen-bond acceptors (Lipinski definition) is 3. The van der Waals surface area contributed by atoms with Crippen LogP contribution in [0, 0.1) is 0 Å². The standard InChI is InChI=1S/C13H15N3O2/c1-10(16-8-4-7-14-16)13(18)15-12-6-3-2-5-11(12)9-17/h2-8,10,17H,9H2,1H3,(H,15,18). The average molecular weight is 245 g/mol. The third-order valence-corrected chi connectivity index (χ3v) is 2.75. The summed E-state index contributed by atoms with van der Waals surface area (Å²) in [6, 6.07) is 8.54. The van der Waals surface area contributed by atoms with Crippen LogP contribution >= 0.6 is 0 Å². The number of hydrogen-bond donors (Lipinski definition) is 2. The smallest absolute Gasteiger partial charge is 0.248 e. The number of carbonyl (C=O) groups excluding carboxylic acids is 1. The van der Waals surface area contributed by atoms with Crippen molar-refractivity contribution in [2.24, 2.45) is 0 Å². The molecule has 0 saturated heterocycles. The maximum atomic E-state index is 12.0. The lowest BCUT2D eigenvalue weighted by atomic mass is 10.2. The van der Waals surface area contributed by atoms with Crippen LogP contribution < -0.4 is 5.32 Å². The van der Waals surface area contributed by atoms with Crippen molar-refractivity contribution in [3.05, 3.63) is 48.3 Å². The van der Waals surface area contributed by atoms with E-state index in [0.717, 1.165) is 0 Å². The number of rotatable bonds is 4. The molecule has 1 heterocycles. The molecule has 0 aliphatic rings. The van der Waals surface area contributed by atoms with Crippen molar-refractivity contribution in [3.63, 3.8) is 0 Å². The maximum absolute atomic E-state index is 12.0. The van der Waals surface area contributed by atoms with Crippen molar-refractivity contribution < 1.29 is 9.90 Å². The van der Waals surface area contributed by atoms with E-state index in [1.165, 1.54) is 0 Å². The molecular weight excluding hydrogens is 230 g/mol. The molecule has 2 N–H and O–H groups in total. The predicted molar refractivity (Wildman–Crippen MR) is 67.9 cm³/mol. The van der Waals surface area contributed by atoms with Crippen LogP contribution in [0.1, 0.15) is 18.5 Å². The Morgan fingerprint density at radius 3 is 2.89 bits per heavy atom. The van der Waals surface area contributed by atoms with Crippen LogP contribution in [0.2, 0.25) is 0 Å². The fourth-order valence-corrected chi connectivity index (χ4v) is 1.65. The molecular formula is C13H15N3O2. The van der Waals surface area contributed by atoms with E-state index in [-0.39, 0.29) is 12.5 Å². The van der Waals surface area contributed by atoms with Gasteiger partial charge >= 0.3 is 0 Å².